The molecule has 1 aromatic rings. The maximum atomic E-state index is 14.1. The Morgan fingerprint density at radius 2 is 1.84 bits per heavy atom. The zero-order valence-electron chi connectivity index (χ0n) is 11.8. The third kappa shape index (κ3) is 2.64. The highest BCUT2D eigenvalue weighted by Crippen LogP contribution is 2.40. The molecule has 5 heteroatoms. The molecule has 0 aliphatic heterocycles. The molecule has 0 radical (unpaired) electrons. The minimum absolute atomic E-state index is 0.0214. The number of aromatic hydroxyl groups is 1. The van der Waals surface area contributed by atoms with Crippen LogP contribution in [0.15, 0.2) is 0 Å². The van der Waals surface area contributed by atoms with E-state index in [1.54, 1.807) is 0 Å². The Morgan fingerprint density at radius 3 is 2.26 bits per heavy atom. The molecule has 0 bridgehead atoms. The Balaban J connectivity index is 3.45. The largest absolute Gasteiger partial charge is 0.504 e. The summed E-state index contributed by atoms with van der Waals surface area (Å²) in [5.41, 5.74) is -0.360. The lowest BCUT2D eigenvalue weighted by Crippen LogP contribution is -2.26. The second kappa shape index (κ2) is 5.07. The van der Waals surface area contributed by atoms with Gasteiger partial charge in [-0.15, -0.1) is 0 Å². The number of carbonyl (C=O) groups is 1. The Morgan fingerprint density at radius 1 is 1.32 bits per heavy atom. The van der Waals surface area contributed by atoms with Gasteiger partial charge in [0.2, 0.25) is 0 Å². The minimum Gasteiger partial charge on any atom is -0.504 e. The van der Waals surface area contributed by atoms with Crippen LogP contribution in [-0.2, 0) is 11.2 Å². The third-order valence-corrected chi connectivity index (χ3v) is 3.35. The van der Waals surface area contributed by atoms with Gasteiger partial charge < -0.3 is 14.9 Å². The smallest absolute Gasteiger partial charge is 0.309 e. The molecule has 0 amide bonds. The van der Waals surface area contributed by atoms with Crippen LogP contribution in [-0.4, -0.2) is 23.3 Å². The number of halogens is 1. The lowest BCUT2D eigenvalue weighted by molar-refractivity contribution is -0.146. The highest BCUT2D eigenvalue weighted by molar-refractivity contribution is 5.74. The lowest BCUT2D eigenvalue weighted by atomic mass is 9.83. The van der Waals surface area contributed by atoms with Crippen LogP contribution in [0.4, 0.5) is 4.39 Å². The Labute approximate surface area is 111 Å². The summed E-state index contributed by atoms with van der Waals surface area (Å²) in [5.74, 6) is -1.62. The van der Waals surface area contributed by atoms with Gasteiger partial charge in [-0.25, -0.2) is 4.39 Å². The fourth-order valence-electron chi connectivity index (χ4n) is 1.99. The number of benzene rings is 1. The molecule has 0 saturated carbocycles. The van der Waals surface area contributed by atoms with Gasteiger partial charge >= 0.3 is 5.97 Å². The minimum atomic E-state index is -1.10. The van der Waals surface area contributed by atoms with Crippen molar-refractivity contribution in [2.45, 2.75) is 34.1 Å². The predicted octanol–water partition coefficient (Wildman–Crippen LogP) is 2.81. The molecule has 0 heterocycles. The van der Waals surface area contributed by atoms with Crippen LogP contribution in [0.3, 0.4) is 0 Å². The SMILES string of the molecule is COc1c(C)c(F)c(C)c(CC(C)(C)C(=O)O)c1O. The van der Waals surface area contributed by atoms with E-state index in [2.05, 4.69) is 0 Å². The predicted molar refractivity (Wildman–Crippen MR) is 69.2 cm³/mol. The summed E-state index contributed by atoms with van der Waals surface area (Å²) < 4.78 is 19.0. The van der Waals surface area contributed by atoms with Gasteiger partial charge in [0, 0.05) is 11.1 Å². The summed E-state index contributed by atoms with van der Waals surface area (Å²) in [4.78, 5) is 11.1. The highest BCUT2D eigenvalue weighted by Gasteiger charge is 2.31. The van der Waals surface area contributed by atoms with E-state index in [1.165, 1.54) is 34.8 Å². The maximum absolute atomic E-state index is 14.1. The van der Waals surface area contributed by atoms with Crippen LogP contribution in [0.2, 0.25) is 0 Å². The zero-order chi connectivity index (χ0) is 15.0. The van der Waals surface area contributed by atoms with Gasteiger partial charge in [-0.1, -0.05) is 0 Å². The van der Waals surface area contributed by atoms with Crippen LogP contribution in [0, 0.1) is 25.1 Å². The molecule has 0 saturated heterocycles. The van der Waals surface area contributed by atoms with Gasteiger partial charge in [-0.05, 0) is 39.7 Å². The topological polar surface area (TPSA) is 66.8 Å². The van der Waals surface area contributed by atoms with E-state index in [4.69, 9.17) is 9.84 Å². The van der Waals surface area contributed by atoms with E-state index in [1.807, 2.05) is 0 Å². The molecule has 0 aromatic heterocycles. The number of hydrogen-bond donors (Lipinski definition) is 2. The summed E-state index contributed by atoms with van der Waals surface area (Å²) in [6.07, 6.45) is 0.0214. The average molecular weight is 270 g/mol. The highest BCUT2D eigenvalue weighted by atomic mass is 19.1. The number of methoxy groups -OCH3 is 1. The van der Waals surface area contributed by atoms with E-state index in [0.29, 0.717) is 0 Å². The molecule has 1 rings (SSSR count). The van der Waals surface area contributed by atoms with E-state index in [0.717, 1.165) is 0 Å². The van der Waals surface area contributed by atoms with Crippen molar-refractivity contribution < 1.29 is 24.1 Å². The van der Waals surface area contributed by atoms with Crippen molar-refractivity contribution in [1.29, 1.82) is 0 Å². The lowest BCUT2D eigenvalue weighted by Gasteiger charge is -2.23. The van der Waals surface area contributed by atoms with Crippen molar-refractivity contribution in [2.75, 3.05) is 7.11 Å². The third-order valence-electron chi connectivity index (χ3n) is 3.35. The molecular weight excluding hydrogens is 251 g/mol. The number of ether oxygens (including phenoxy) is 1. The standard InChI is InChI=1S/C14H19FO4/c1-7-9(6-14(3,4)13(17)18)11(16)12(19-5)8(2)10(7)15/h16H,6H2,1-5H3,(H,17,18). The molecular formula is C14H19FO4. The molecule has 2 N–H and O–H groups in total. The molecule has 1 aromatic carbocycles. The first kappa shape index (κ1) is 15.3. The van der Waals surface area contributed by atoms with Crippen molar-refractivity contribution in [2.24, 2.45) is 5.41 Å². The summed E-state index contributed by atoms with van der Waals surface area (Å²) in [5, 5.41) is 19.3. The zero-order valence-corrected chi connectivity index (χ0v) is 11.8. The fourth-order valence-corrected chi connectivity index (χ4v) is 1.99. The van der Waals surface area contributed by atoms with Crippen molar-refractivity contribution >= 4 is 5.97 Å². The second-order valence-corrected chi connectivity index (χ2v) is 5.29. The molecule has 0 fully saturated rings. The van der Waals surface area contributed by atoms with Gasteiger partial charge in [0.1, 0.15) is 5.82 Å². The first-order valence-electron chi connectivity index (χ1n) is 5.91. The van der Waals surface area contributed by atoms with E-state index >= 15 is 0 Å². The van der Waals surface area contributed by atoms with E-state index in [-0.39, 0.29) is 34.6 Å². The molecule has 0 aliphatic carbocycles. The van der Waals surface area contributed by atoms with Crippen molar-refractivity contribution in [3.8, 4) is 11.5 Å². The Kier molecular flexibility index (Phi) is 4.08. The number of carboxylic acid groups (broad SMARTS) is 1. The van der Waals surface area contributed by atoms with Crippen LogP contribution in [0.25, 0.3) is 0 Å². The van der Waals surface area contributed by atoms with Crippen LogP contribution >= 0.6 is 0 Å². The first-order valence-corrected chi connectivity index (χ1v) is 5.91. The van der Waals surface area contributed by atoms with Gasteiger partial charge in [0.05, 0.1) is 12.5 Å². The van der Waals surface area contributed by atoms with Gasteiger partial charge in [-0.3, -0.25) is 4.79 Å². The van der Waals surface area contributed by atoms with Crippen molar-refractivity contribution in [3.63, 3.8) is 0 Å². The van der Waals surface area contributed by atoms with Crippen LogP contribution < -0.4 is 4.74 Å². The molecule has 0 aliphatic rings. The number of phenolic OH excluding ortho intramolecular Hbond substituents is 1. The molecule has 0 atom stereocenters. The van der Waals surface area contributed by atoms with E-state index in [9.17, 15) is 14.3 Å². The number of phenols is 1. The quantitative estimate of drug-likeness (QED) is 0.882. The fraction of sp³-hybridized carbons (Fsp3) is 0.500. The number of carboxylic acids is 1. The summed E-state index contributed by atoms with van der Waals surface area (Å²) >= 11 is 0. The Bertz CT molecular complexity index is 521. The van der Waals surface area contributed by atoms with Crippen LogP contribution in [0.1, 0.15) is 30.5 Å². The normalized spacial score (nSPS) is 11.5. The van der Waals surface area contributed by atoms with Gasteiger partial charge in [-0.2, -0.15) is 0 Å². The molecule has 0 unspecified atom stereocenters. The molecule has 0 spiro atoms. The molecule has 19 heavy (non-hydrogen) atoms. The number of rotatable bonds is 4. The summed E-state index contributed by atoms with van der Waals surface area (Å²) in [6, 6.07) is 0. The van der Waals surface area contributed by atoms with Crippen molar-refractivity contribution in [1.82, 2.24) is 0 Å². The average Bonchev–Trinajstić information content (AvgIpc) is 2.33. The van der Waals surface area contributed by atoms with Crippen molar-refractivity contribution in [3.05, 3.63) is 22.5 Å². The monoisotopic (exact) mass is 270 g/mol. The first-order chi connectivity index (χ1) is 8.63. The summed E-state index contributed by atoms with van der Waals surface area (Å²) in [7, 11) is 1.34. The molecule has 106 valence electrons. The van der Waals surface area contributed by atoms with Crippen LogP contribution in [0.5, 0.6) is 11.5 Å². The number of aliphatic carboxylic acids is 1. The second-order valence-electron chi connectivity index (χ2n) is 5.29. The number of hydrogen-bond acceptors (Lipinski definition) is 3. The van der Waals surface area contributed by atoms with Gasteiger partial charge in [0.25, 0.3) is 0 Å². The Hall–Kier alpha value is -1.78. The summed E-state index contributed by atoms with van der Waals surface area (Å²) in [6.45, 7) is 6.08. The van der Waals surface area contributed by atoms with Gasteiger partial charge in [0.15, 0.2) is 11.5 Å². The maximum Gasteiger partial charge on any atom is 0.309 e. The molecule has 4 nitrogen and oxygen atoms in total. The van der Waals surface area contributed by atoms with E-state index < -0.39 is 17.2 Å².